The smallest absolute Gasteiger partial charge is 0.159 e. The molecule has 0 fully saturated rings. The average molecular weight is 171 g/mol. The summed E-state index contributed by atoms with van der Waals surface area (Å²) in [6.07, 6.45) is 0. The first kappa shape index (κ1) is 10.6. The van der Waals surface area contributed by atoms with Gasteiger partial charge in [-0.1, -0.05) is 0 Å². The number of phenols is 2. The average Bonchev–Trinajstić information content (AvgIpc) is 1.99. The Morgan fingerprint density at radius 3 is 2.00 bits per heavy atom. The van der Waals surface area contributed by atoms with E-state index in [1.807, 2.05) is 0 Å². The predicted molar refractivity (Wildman–Crippen MR) is 47.1 cm³/mol. The molecule has 0 aliphatic heterocycles. The van der Waals surface area contributed by atoms with Crippen LogP contribution in [0, 0.1) is 0 Å². The Morgan fingerprint density at radius 1 is 1.17 bits per heavy atom. The Kier molecular flexibility index (Phi) is 4.64. The summed E-state index contributed by atoms with van der Waals surface area (Å²) in [5.41, 5.74) is 5.69. The van der Waals surface area contributed by atoms with Crippen LogP contribution >= 0.6 is 0 Å². The molecular weight excluding hydrogens is 158 g/mol. The maximum Gasteiger partial charge on any atom is 0.159 e. The Labute approximate surface area is 71.2 Å². The number of nitrogens with two attached hydrogens (primary N) is 1. The molecule has 12 heavy (non-hydrogen) atoms. The first-order valence-corrected chi connectivity index (χ1v) is 3.29. The van der Waals surface area contributed by atoms with E-state index in [0.717, 1.165) is 0 Å². The van der Waals surface area contributed by atoms with E-state index in [1.165, 1.54) is 18.2 Å². The summed E-state index contributed by atoms with van der Waals surface area (Å²) in [5, 5.41) is 17.5. The van der Waals surface area contributed by atoms with E-state index >= 15 is 0 Å². The number of rotatable bonds is 0. The molecule has 0 spiro atoms. The highest BCUT2D eigenvalue weighted by molar-refractivity contribution is 5.50. The summed E-state index contributed by atoms with van der Waals surface area (Å²) in [6, 6.07) is 4.13. The van der Waals surface area contributed by atoms with Gasteiger partial charge in [-0.25, -0.2) is 0 Å². The molecule has 0 radical (unpaired) electrons. The van der Waals surface area contributed by atoms with E-state index in [2.05, 4.69) is 4.74 Å². The van der Waals surface area contributed by atoms with Crippen LogP contribution in [0.1, 0.15) is 0 Å². The van der Waals surface area contributed by atoms with Gasteiger partial charge < -0.3 is 20.7 Å². The third-order valence-electron chi connectivity index (χ3n) is 0.999. The van der Waals surface area contributed by atoms with Crippen LogP contribution in [0.2, 0.25) is 0 Å². The molecule has 1 rings (SSSR count). The number of methoxy groups -OCH3 is 1. The highest BCUT2D eigenvalue weighted by atomic mass is 16.4. The van der Waals surface area contributed by atoms with Crippen LogP contribution in [0.25, 0.3) is 0 Å². The topological polar surface area (TPSA) is 75.7 Å². The van der Waals surface area contributed by atoms with Crippen molar-refractivity contribution in [3.05, 3.63) is 18.2 Å². The van der Waals surface area contributed by atoms with Crippen molar-refractivity contribution in [1.82, 2.24) is 0 Å². The second-order valence-electron chi connectivity index (χ2n) is 2.16. The minimum Gasteiger partial charge on any atom is -0.504 e. The third-order valence-corrected chi connectivity index (χ3v) is 0.999. The van der Waals surface area contributed by atoms with Gasteiger partial charge in [0.25, 0.3) is 0 Å². The third kappa shape index (κ3) is 3.68. The number of ether oxygens (including phenoxy) is 1. The number of anilines is 1. The standard InChI is InChI=1S/C6H7NO2.C2H6O/c7-4-1-2-5(8)6(9)3-4;1-3-2/h1-3,8-9H,7H2;1-2H3. The molecule has 0 saturated heterocycles. The lowest BCUT2D eigenvalue weighted by molar-refractivity contribution is 0.277. The molecule has 4 nitrogen and oxygen atoms in total. The summed E-state index contributed by atoms with van der Waals surface area (Å²) < 4.78 is 4.25. The van der Waals surface area contributed by atoms with Crippen molar-refractivity contribution in [2.24, 2.45) is 0 Å². The lowest BCUT2D eigenvalue weighted by atomic mass is 10.3. The zero-order valence-electron chi connectivity index (χ0n) is 7.11. The van der Waals surface area contributed by atoms with Gasteiger partial charge in [0.1, 0.15) is 0 Å². The maximum atomic E-state index is 8.77. The number of phenolic OH excluding ortho intramolecular Hbond substituents is 2. The number of hydrogen-bond acceptors (Lipinski definition) is 4. The van der Waals surface area contributed by atoms with Crippen LogP contribution in [0.15, 0.2) is 18.2 Å². The van der Waals surface area contributed by atoms with Crippen molar-refractivity contribution in [3.63, 3.8) is 0 Å². The quantitative estimate of drug-likeness (QED) is 0.308. The van der Waals surface area contributed by atoms with E-state index in [4.69, 9.17) is 15.9 Å². The zero-order valence-corrected chi connectivity index (χ0v) is 7.11. The minimum atomic E-state index is -0.185. The Hall–Kier alpha value is -1.42. The van der Waals surface area contributed by atoms with Crippen molar-refractivity contribution in [1.29, 1.82) is 0 Å². The van der Waals surface area contributed by atoms with Gasteiger partial charge in [-0.05, 0) is 12.1 Å². The Balaban J connectivity index is 0.000000354. The second kappa shape index (κ2) is 5.26. The first-order valence-electron chi connectivity index (χ1n) is 3.29. The summed E-state index contributed by atoms with van der Waals surface area (Å²) >= 11 is 0. The van der Waals surface area contributed by atoms with Crippen LogP contribution in [0.4, 0.5) is 5.69 Å². The molecule has 4 N–H and O–H groups in total. The molecule has 0 aliphatic rings. The van der Waals surface area contributed by atoms with Crippen molar-refractivity contribution in [2.75, 3.05) is 20.0 Å². The molecule has 0 amide bonds. The van der Waals surface area contributed by atoms with Gasteiger partial charge >= 0.3 is 0 Å². The summed E-state index contributed by atoms with van der Waals surface area (Å²) in [7, 11) is 3.25. The molecule has 1 aromatic rings. The van der Waals surface area contributed by atoms with Gasteiger partial charge in [-0.2, -0.15) is 0 Å². The van der Waals surface area contributed by atoms with E-state index in [-0.39, 0.29) is 11.5 Å². The first-order chi connectivity index (χ1) is 5.61. The molecule has 68 valence electrons. The fourth-order valence-corrected chi connectivity index (χ4v) is 0.540. The molecule has 1 aromatic carbocycles. The highest BCUT2D eigenvalue weighted by Gasteiger charge is 1.95. The second-order valence-corrected chi connectivity index (χ2v) is 2.16. The van der Waals surface area contributed by atoms with Crippen molar-refractivity contribution in [2.45, 2.75) is 0 Å². The lowest BCUT2D eigenvalue weighted by Crippen LogP contribution is -1.81. The number of aromatic hydroxyl groups is 2. The SMILES string of the molecule is COC.Nc1ccc(O)c(O)c1. The summed E-state index contributed by atoms with van der Waals surface area (Å²) in [6.45, 7) is 0. The minimum absolute atomic E-state index is 0.149. The van der Waals surface area contributed by atoms with Crippen molar-refractivity contribution >= 4 is 5.69 Å². The van der Waals surface area contributed by atoms with Crippen molar-refractivity contribution < 1.29 is 14.9 Å². The van der Waals surface area contributed by atoms with E-state index in [1.54, 1.807) is 14.2 Å². The Morgan fingerprint density at radius 2 is 1.67 bits per heavy atom. The van der Waals surface area contributed by atoms with E-state index < -0.39 is 0 Å². The van der Waals surface area contributed by atoms with Crippen LogP contribution in [0.3, 0.4) is 0 Å². The molecule has 0 bridgehead atoms. The fourth-order valence-electron chi connectivity index (χ4n) is 0.540. The molecule has 4 heteroatoms. The van der Waals surface area contributed by atoms with Gasteiger partial charge in [0, 0.05) is 26.0 Å². The molecule has 0 aliphatic carbocycles. The van der Waals surface area contributed by atoms with E-state index in [0.29, 0.717) is 5.69 Å². The number of hydrogen-bond donors (Lipinski definition) is 3. The van der Waals surface area contributed by atoms with Crippen LogP contribution < -0.4 is 5.73 Å². The van der Waals surface area contributed by atoms with Gasteiger partial charge in [0.05, 0.1) is 0 Å². The van der Waals surface area contributed by atoms with E-state index in [9.17, 15) is 0 Å². The van der Waals surface area contributed by atoms with Gasteiger partial charge in [0.15, 0.2) is 11.5 Å². The molecule has 0 atom stereocenters. The fraction of sp³-hybridized carbons (Fsp3) is 0.250. The zero-order chi connectivity index (χ0) is 9.56. The van der Waals surface area contributed by atoms with Crippen molar-refractivity contribution in [3.8, 4) is 11.5 Å². The Bertz CT molecular complexity index is 238. The van der Waals surface area contributed by atoms with Crippen LogP contribution in [0.5, 0.6) is 11.5 Å². The molecule has 0 aromatic heterocycles. The molecule has 0 unspecified atom stereocenters. The molecule has 0 saturated carbocycles. The van der Waals surface area contributed by atoms with Gasteiger partial charge in [0.2, 0.25) is 0 Å². The van der Waals surface area contributed by atoms with Gasteiger partial charge in [-0.3, -0.25) is 0 Å². The lowest BCUT2D eigenvalue weighted by Gasteiger charge is -1.95. The number of benzene rings is 1. The number of nitrogen functional groups attached to an aromatic ring is 1. The maximum absolute atomic E-state index is 8.77. The van der Waals surface area contributed by atoms with Crippen LogP contribution in [-0.2, 0) is 4.74 Å². The normalized spacial score (nSPS) is 8.50. The monoisotopic (exact) mass is 171 g/mol. The van der Waals surface area contributed by atoms with Gasteiger partial charge in [-0.15, -0.1) is 0 Å². The largest absolute Gasteiger partial charge is 0.504 e. The highest BCUT2D eigenvalue weighted by Crippen LogP contribution is 2.25. The van der Waals surface area contributed by atoms with Crippen LogP contribution in [-0.4, -0.2) is 24.4 Å². The predicted octanol–water partition coefficient (Wildman–Crippen LogP) is 0.943. The summed E-state index contributed by atoms with van der Waals surface area (Å²) in [5.74, 6) is -0.334. The molecular formula is C8H13NO3. The molecule has 0 heterocycles. The summed E-state index contributed by atoms with van der Waals surface area (Å²) in [4.78, 5) is 0.